The maximum Gasteiger partial charge on any atom is 0.194 e. The molecule has 0 radical (unpaired) electrons. The van der Waals surface area contributed by atoms with Crippen LogP contribution >= 0.6 is 11.3 Å². The monoisotopic (exact) mass is 448 g/mol. The number of ether oxygens (including phenoxy) is 2. The van der Waals surface area contributed by atoms with Crippen LogP contribution in [0.15, 0.2) is 60.1 Å². The van der Waals surface area contributed by atoms with Crippen molar-refractivity contribution in [2.75, 3.05) is 40.4 Å². The van der Waals surface area contributed by atoms with E-state index in [1.807, 2.05) is 6.07 Å². The lowest BCUT2D eigenvalue weighted by atomic mass is 10.1. The van der Waals surface area contributed by atoms with Crippen LogP contribution in [0.25, 0.3) is 16.2 Å². The average Bonchev–Trinajstić information content (AvgIpc) is 3.43. The molecule has 32 heavy (non-hydrogen) atoms. The summed E-state index contributed by atoms with van der Waals surface area (Å²) in [5, 5.41) is 2.11. The number of benzene rings is 2. The third-order valence-electron chi connectivity index (χ3n) is 6.10. The molecule has 0 atom stereocenters. The van der Waals surface area contributed by atoms with Gasteiger partial charge in [-0.2, -0.15) is 0 Å². The Morgan fingerprint density at radius 2 is 1.59 bits per heavy atom. The van der Waals surface area contributed by atoms with E-state index in [0.717, 1.165) is 61.4 Å². The first kappa shape index (κ1) is 21.0. The summed E-state index contributed by atoms with van der Waals surface area (Å²) >= 11 is 1.69. The number of nitrogens with zero attached hydrogens (tertiary/aromatic N) is 4. The van der Waals surface area contributed by atoms with Crippen molar-refractivity contribution in [1.29, 1.82) is 0 Å². The Balaban J connectivity index is 1.26. The number of aromatic nitrogens is 2. The third-order valence-corrected chi connectivity index (χ3v) is 6.86. The molecule has 0 unspecified atom stereocenters. The molecular weight excluding hydrogens is 420 g/mol. The van der Waals surface area contributed by atoms with Gasteiger partial charge in [0.1, 0.15) is 0 Å². The van der Waals surface area contributed by atoms with Crippen LogP contribution in [0.4, 0.5) is 0 Å². The van der Waals surface area contributed by atoms with Gasteiger partial charge in [-0.15, -0.1) is 11.3 Å². The van der Waals surface area contributed by atoms with Gasteiger partial charge >= 0.3 is 0 Å². The highest BCUT2D eigenvalue weighted by Gasteiger charge is 2.22. The summed E-state index contributed by atoms with van der Waals surface area (Å²) in [4.78, 5) is 11.0. The summed E-state index contributed by atoms with van der Waals surface area (Å²) in [5.41, 5.74) is 4.81. The molecule has 0 bridgehead atoms. The number of piperazine rings is 1. The summed E-state index contributed by atoms with van der Waals surface area (Å²) in [6.07, 6.45) is 2.14. The molecule has 2 aromatic carbocycles. The van der Waals surface area contributed by atoms with Gasteiger partial charge in [-0.3, -0.25) is 14.2 Å². The molecule has 0 spiro atoms. The lowest BCUT2D eigenvalue weighted by Gasteiger charge is -2.34. The quantitative estimate of drug-likeness (QED) is 0.419. The zero-order valence-corrected chi connectivity index (χ0v) is 19.3. The van der Waals surface area contributed by atoms with Crippen molar-refractivity contribution < 1.29 is 9.47 Å². The highest BCUT2D eigenvalue weighted by Crippen LogP contribution is 2.29. The number of rotatable bonds is 7. The number of hydrogen-bond donors (Lipinski definition) is 0. The first-order valence-electron chi connectivity index (χ1n) is 10.9. The third kappa shape index (κ3) is 4.24. The number of methoxy groups -OCH3 is 2. The van der Waals surface area contributed by atoms with Gasteiger partial charge < -0.3 is 9.47 Å². The lowest BCUT2D eigenvalue weighted by Crippen LogP contribution is -2.45. The van der Waals surface area contributed by atoms with Crippen LogP contribution in [0.2, 0.25) is 0 Å². The fourth-order valence-corrected chi connectivity index (χ4v) is 5.10. The van der Waals surface area contributed by atoms with Crippen molar-refractivity contribution in [2.45, 2.75) is 13.1 Å². The molecule has 2 aromatic heterocycles. The molecule has 5 rings (SSSR count). The van der Waals surface area contributed by atoms with Gasteiger partial charge in [-0.1, -0.05) is 36.4 Å². The van der Waals surface area contributed by atoms with E-state index in [0.29, 0.717) is 0 Å². The molecular formula is C25H28N4O2S. The number of hydrogen-bond acceptors (Lipinski definition) is 6. The van der Waals surface area contributed by atoms with Gasteiger partial charge in [0.25, 0.3) is 0 Å². The SMILES string of the molecule is COc1ccc(CN2CCN(Cc3c(-c4ccccc4)nc4sccn34)CC2)cc1OC. The second kappa shape index (κ2) is 9.32. The Labute approximate surface area is 192 Å². The second-order valence-corrected chi connectivity index (χ2v) is 8.94. The van der Waals surface area contributed by atoms with Crippen LogP contribution in [0.3, 0.4) is 0 Å². The standard InChI is InChI=1S/C25H28N4O2S/c1-30-22-9-8-19(16-23(22)31-2)17-27-10-12-28(13-11-27)18-21-24(20-6-4-3-5-7-20)26-25-29(21)14-15-32-25/h3-9,14-16H,10-13,17-18H2,1-2H3. The van der Waals surface area contributed by atoms with Crippen LogP contribution in [0, 0.1) is 0 Å². The second-order valence-electron chi connectivity index (χ2n) is 8.07. The van der Waals surface area contributed by atoms with Gasteiger partial charge in [-0.25, -0.2) is 4.98 Å². The van der Waals surface area contributed by atoms with E-state index >= 15 is 0 Å². The van der Waals surface area contributed by atoms with Crippen molar-refractivity contribution in [3.63, 3.8) is 0 Å². The molecule has 1 aliphatic heterocycles. The summed E-state index contributed by atoms with van der Waals surface area (Å²) in [7, 11) is 3.36. The first-order chi connectivity index (χ1) is 15.7. The zero-order valence-electron chi connectivity index (χ0n) is 18.5. The van der Waals surface area contributed by atoms with Crippen LogP contribution in [0.1, 0.15) is 11.3 Å². The summed E-state index contributed by atoms with van der Waals surface area (Å²) < 4.78 is 13.1. The number of fused-ring (bicyclic) bond motifs is 1. The van der Waals surface area contributed by atoms with Gasteiger partial charge in [0.05, 0.1) is 25.6 Å². The molecule has 166 valence electrons. The van der Waals surface area contributed by atoms with E-state index in [1.165, 1.54) is 16.8 Å². The topological polar surface area (TPSA) is 42.2 Å². The minimum absolute atomic E-state index is 0.774. The van der Waals surface area contributed by atoms with E-state index in [1.54, 1.807) is 25.6 Å². The molecule has 1 fully saturated rings. The zero-order chi connectivity index (χ0) is 21.9. The van der Waals surface area contributed by atoms with Gasteiger partial charge in [0.2, 0.25) is 0 Å². The van der Waals surface area contributed by atoms with E-state index in [-0.39, 0.29) is 0 Å². The largest absolute Gasteiger partial charge is 0.493 e. The molecule has 0 N–H and O–H groups in total. The van der Waals surface area contributed by atoms with E-state index in [4.69, 9.17) is 14.5 Å². The van der Waals surface area contributed by atoms with Crippen LogP contribution in [-0.2, 0) is 13.1 Å². The molecule has 6 nitrogen and oxygen atoms in total. The minimum Gasteiger partial charge on any atom is -0.493 e. The first-order valence-corrected chi connectivity index (χ1v) is 11.8. The molecule has 0 amide bonds. The summed E-state index contributed by atoms with van der Waals surface area (Å²) in [6.45, 7) is 6.00. The maximum absolute atomic E-state index is 5.46. The Bertz CT molecular complexity index is 1180. The van der Waals surface area contributed by atoms with Crippen LogP contribution in [-0.4, -0.2) is 59.6 Å². The Kier molecular flexibility index (Phi) is 6.12. The van der Waals surface area contributed by atoms with Gasteiger partial charge in [0.15, 0.2) is 16.5 Å². The van der Waals surface area contributed by atoms with Crippen LogP contribution in [0.5, 0.6) is 11.5 Å². The molecule has 0 aliphatic carbocycles. The summed E-state index contributed by atoms with van der Waals surface area (Å²) in [6, 6.07) is 16.7. The minimum atomic E-state index is 0.774. The number of thiazole rings is 1. The fourth-order valence-electron chi connectivity index (χ4n) is 4.37. The van der Waals surface area contributed by atoms with Crippen molar-refractivity contribution in [3.05, 3.63) is 71.4 Å². The number of imidazole rings is 1. The molecule has 7 heteroatoms. The van der Waals surface area contributed by atoms with E-state index in [9.17, 15) is 0 Å². The van der Waals surface area contributed by atoms with Crippen LogP contribution < -0.4 is 9.47 Å². The predicted octanol–water partition coefficient (Wildman–Crippen LogP) is 4.40. The fraction of sp³-hybridized carbons (Fsp3) is 0.320. The highest BCUT2D eigenvalue weighted by molar-refractivity contribution is 7.15. The molecule has 1 aliphatic rings. The predicted molar refractivity (Wildman–Crippen MR) is 129 cm³/mol. The smallest absolute Gasteiger partial charge is 0.194 e. The van der Waals surface area contributed by atoms with E-state index < -0.39 is 0 Å². The highest BCUT2D eigenvalue weighted by atomic mass is 32.1. The Morgan fingerprint density at radius 1 is 0.875 bits per heavy atom. The average molecular weight is 449 g/mol. The van der Waals surface area contributed by atoms with Gasteiger partial charge in [-0.05, 0) is 17.7 Å². The van der Waals surface area contributed by atoms with Crippen molar-refractivity contribution in [3.8, 4) is 22.8 Å². The summed E-state index contributed by atoms with van der Waals surface area (Å²) in [5.74, 6) is 1.56. The normalized spacial score (nSPS) is 15.3. The lowest BCUT2D eigenvalue weighted by molar-refractivity contribution is 0.121. The Morgan fingerprint density at radius 3 is 2.31 bits per heavy atom. The molecule has 4 aromatic rings. The maximum atomic E-state index is 5.46. The molecule has 3 heterocycles. The van der Waals surface area contributed by atoms with Crippen molar-refractivity contribution in [2.24, 2.45) is 0 Å². The van der Waals surface area contributed by atoms with Crippen molar-refractivity contribution in [1.82, 2.24) is 19.2 Å². The molecule has 1 saturated heterocycles. The molecule has 0 saturated carbocycles. The Hall–Kier alpha value is -2.87. The van der Waals surface area contributed by atoms with E-state index in [2.05, 4.69) is 68.2 Å². The van der Waals surface area contributed by atoms with Crippen molar-refractivity contribution >= 4 is 16.3 Å². The van der Waals surface area contributed by atoms with Gasteiger partial charge in [0, 0.05) is 56.4 Å².